The van der Waals surface area contributed by atoms with E-state index in [1.165, 1.54) is 5.06 Å². The summed E-state index contributed by atoms with van der Waals surface area (Å²) in [6, 6.07) is -0.119. The molecule has 0 aromatic heterocycles. The van der Waals surface area contributed by atoms with Crippen molar-refractivity contribution >= 4 is 23.8 Å². The van der Waals surface area contributed by atoms with E-state index in [1.54, 1.807) is 11.8 Å². The van der Waals surface area contributed by atoms with E-state index in [-0.39, 0.29) is 17.6 Å². The summed E-state index contributed by atoms with van der Waals surface area (Å²) in [6.45, 7) is 3.89. The summed E-state index contributed by atoms with van der Waals surface area (Å²) < 4.78 is 0. The Morgan fingerprint density at radius 2 is 2.17 bits per heavy atom. The van der Waals surface area contributed by atoms with Crippen molar-refractivity contribution in [3.05, 3.63) is 0 Å². The molecule has 1 unspecified atom stereocenters. The Kier molecular flexibility index (Phi) is 6.55. The van der Waals surface area contributed by atoms with Crippen molar-refractivity contribution in [1.29, 1.82) is 0 Å². The van der Waals surface area contributed by atoms with E-state index < -0.39 is 6.16 Å². The molecule has 2 heterocycles. The number of hydroxylamine groups is 2. The van der Waals surface area contributed by atoms with Crippen molar-refractivity contribution in [2.24, 2.45) is 0 Å². The zero-order valence-electron chi connectivity index (χ0n) is 13.9. The van der Waals surface area contributed by atoms with Gasteiger partial charge in [-0.2, -0.15) is 11.8 Å². The van der Waals surface area contributed by atoms with Crippen LogP contribution in [0.3, 0.4) is 0 Å². The number of hydrogen-bond acceptors (Lipinski definition) is 6. The molecule has 2 rings (SSSR count). The first-order chi connectivity index (χ1) is 11.0. The number of carbonyl (C=O) groups excluding carboxylic acids is 1. The van der Waals surface area contributed by atoms with Crippen LogP contribution in [0.1, 0.15) is 39.0 Å². The Morgan fingerprint density at radius 3 is 2.74 bits per heavy atom. The van der Waals surface area contributed by atoms with Crippen molar-refractivity contribution < 1.29 is 19.5 Å². The average molecular weight is 345 g/mol. The second kappa shape index (κ2) is 8.21. The van der Waals surface area contributed by atoms with Gasteiger partial charge in [-0.05, 0) is 24.9 Å². The van der Waals surface area contributed by atoms with Crippen LogP contribution >= 0.6 is 11.8 Å². The van der Waals surface area contributed by atoms with E-state index in [2.05, 4.69) is 12.2 Å². The van der Waals surface area contributed by atoms with E-state index in [1.807, 2.05) is 11.2 Å². The standard InChI is InChI=1S/C15H27N3O4S/c1-3-4-8-18-13(19)12(5-11-23-2)16-15(18)6-9-17(10-7-15)22-14(20)21/h12,16H,3-11H2,1-2H3,(H,20,21). The fourth-order valence-electron chi connectivity index (χ4n) is 3.41. The third-order valence-electron chi connectivity index (χ3n) is 4.63. The van der Waals surface area contributed by atoms with Gasteiger partial charge >= 0.3 is 6.16 Å². The van der Waals surface area contributed by atoms with Crippen LogP contribution in [0, 0.1) is 0 Å². The highest BCUT2D eigenvalue weighted by Gasteiger charge is 2.51. The number of thioether (sulfide) groups is 1. The van der Waals surface area contributed by atoms with Gasteiger partial charge in [0.25, 0.3) is 0 Å². The average Bonchev–Trinajstić information content (AvgIpc) is 2.77. The predicted molar refractivity (Wildman–Crippen MR) is 89.2 cm³/mol. The largest absolute Gasteiger partial charge is 0.525 e. The quantitative estimate of drug-likeness (QED) is 0.727. The van der Waals surface area contributed by atoms with Gasteiger partial charge < -0.3 is 14.8 Å². The maximum atomic E-state index is 12.8. The van der Waals surface area contributed by atoms with Crippen molar-refractivity contribution in [1.82, 2.24) is 15.3 Å². The molecule has 2 saturated heterocycles. The number of piperidine rings is 1. The Bertz CT molecular complexity index is 427. The molecule has 1 atom stereocenters. The van der Waals surface area contributed by atoms with Crippen molar-refractivity contribution in [2.45, 2.75) is 50.7 Å². The van der Waals surface area contributed by atoms with Crippen LogP contribution in [0.25, 0.3) is 0 Å². The molecule has 7 nitrogen and oxygen atoms in total. The predicted octanol–water partition coefficient (Wildman–Crippen LogP) is 1.74. The van der Waals surface area contributed by atoms with Gasteiger partial charge in [0, 0.05) is 32.5 Å². The van der Waals surface area contributed by atoms with Crippen LogP contribution in [0.2, 0.25) is 0 Å². The molecule has 0 bridgehead atoms. The van der Waals surface area contributed by atoms with Crippen LogP contribution in [0.5, 0.6) is 0 Å². The van der Waals surface area contributed by atoms with Gasteiger partial charge in [0.15, 0.2) is 0 Å². The lowest BCUT2D eigenvalue weighted by atomic mass is 9.96. The van der Waals surface area contributed by atoms with Gasteiger partial charge in [-0.15, -0.1) is 5.06 Å². The SMILES string of the molecule is CCCCN1C(=O)C(CCSC)NC12CCN(OC(=O)O)CC2. The monoisotopic (exact) mass is 345 g/mol. The van der Waals surface area contributed by atoms with E-state index >= 15 is 0 Å². The lowest BCUT2D eigenvalue weighted by molar-refractivity contribution is -0.156. The molecule has 0 aromatic rings. The number of unbranched alkanes of at least 4 members (excludes halogenated alkanes) is 1. The lowest BCUT2D eigenvalue weighted by Gasteiger charge is -2.43. The third-order valence-corrected chi connectivity index (χ3v) is 5.27. The molecular weight excluding hydrogens is 318 g/mol. The maximum absolute atomic E-state index is 12.8. The van der Waals surface area contributed by atoms with Gasteiger partial charge in [0.1, 0.15) is 0 Å². The number of nitrogens with one attached hydrogen (secondary N) is 1. The summed E-state index contributed by atoms with van der Waals surface area (Å²) in [5.41, 5.74) is -0.340. The van der Waals surface area contributed by atoms with E-state index in [0.717, 1.165) is 31.6 Å². The molecule has 1 amide bonds. The zero-order valence-corrected chi connectivity index (χ0v) is 14.7. The molecular formula is C15H27N3O4S. The second-order valence-corrected chi connectivity index (χ2v) is 7.13. The van der Waals surface area contributed by atoms with Crippen LogP contribution in [-0.4, -0.2) is 70.5 Å². The normalized spacial score (nSPS) is 24.3. The molecule has 1 spiro atoms. The fraction of sp³-hybridized carbons (Fsp3) is 0.867. The topological polar surface area (TPSA) is 82.1 Å². The lowest BCUT2D eigenvalue weighted by Crippen LogP contribution is -2.59. The van der Waals surface area contributed by atoms with Crippen LogP contribution in [0.15, 0.2) is 0 Å². The summed E-state index contributed by atoms with van der Waals surface area (Å²) in [4.78, 5) is 30.2. The molecule has 2 fully saturated rings. The first-order valence-electron chi connectivity index (χ1n) is 8.26. The minimum absolute atomic E-state index is 0.119. The molecule has 0 radical (unpaired) electrons. The Labute approximate surface area is 141 Å². The number of hydrogen-bond donors (Lipinski definition) is 2. The molecule has 23 heavy (non-hydrogen) atoms. The van der Waals surface area contributed by atoms with Crippen LogP contribution in [-0.2, 0) is 9.63 Å². The van der Waals surface area contributed by atoms with Crippen LogP contribution in [0.4, 0.5) is 4.79 Å². The number of nitrogens with zero attached hydrogens (tertiary/aromatic N) is 2. The van der Waals surface area contributed by atoms with E-state index in [4.69, 9.17) is 9.94 Å². The van der Waals surface area contributed by atoms with Crippen LogP contribution < -0.4 is 5.32 Å². The van der Waals surface area contributed by atoms with E-state index in [0.29, 0.717) is 25.9 Å². The highest BCUT2D eigenvalue weighted by molar-refractivity contribution is 7.98. The smallest absolute Gasteiger partial charge is 0.448 e. The number of carbonyl (C=O) groups is 2. The summed E-state index contributed by atoms with van der Waals surface area (Å²) >= 11 is 1.75. The van der Waals surface area contributed by atoms with Gasteiger partial charge in [-0.25, -0.2) is 4.79 Å². The summed E-state index contributed by atoms with van der Waals surface area (Å²) in [5.74, 6) is 1.15. The van der Waals surface area contributed by atoms with Gasteiger partial charge in [0.2, 0.25) is 5.91 Å². The highest BCUT2D eigenvalue weighted by Crippen LogP contribution is 2.33. The summed E-state index contributed by atoms with van der Waals surface area (Å²) in [7, 11) is 0. The van der Waals surface area contributed by atoms with Crippen molar-refractivity contribution in [3.63, 3.8) is 0 Å². The minimum Gasteiger partial charge on any atom is -0.448 e. The van der Waals surface area contributed by atoms with Crippen molar-refractivity contribution in [3.8, 4) is 0 Å². The van der Waals surface area contributed by atoms with Crippen molar-refractivity contribution in [2.75, 3.05) is 31.6 Å². The molecule has 0 aliphatic carbocycles. The molecule has 2 aliphatic heterocycles. The Balaban J connectivity index is 2.04. The minimum atomic E-state index is -1.28. The fourth-order valence-corrected chi connectivity index (χ4v) is 3.88. The molecule has 132 valence electrons. The first kappa shape index (κ1) is 18.4. The Hall–Kier alpha value is -0.990. The number of carboxylic acid groups (broad SMARTS) is 1. The Morgan fingerprint density at radius 1 is 1.48 bits per heavy atom. The zero-order chi connectivity index (χ0) is 16.9. The number of rotatable bonds is 7. The first-order valence-corrected chi connectivity index (χ1v) is 9.66. The molecule has 0 saturated carbocycles. The molecule has 2 N–H and O–H groups in total. The van der Waals surface area contributed by atoms with Gasteiger partial charge in [-0.1, -0.05) is 13.3 Å². The maximum Gasteiger partial charge on any atom is 0.525 e. The highest BCUT2D eigenvalue weighted by atomic mass is 32.2. The second-order valence-electron chi connectivity index (χ2n) is 6.14. The third kappa shape index (κ3) is 4.30. The molecule has 8 heteroatoms. The van der Waals surface area contributed by atoms with Gasteiger partial charge in [-0.3, -0.25) is 10.1 Å². The molecule has 0 aromatic carbocycles. The molecule has 2 aliphatic rings. The summed E-state index contributed by atoms with van der Waals surface area (Å²) in [5, 5.41) is 13.7. The summed E-state index contributed by atoms with van der Waals surface area (Å²) in [6.07, 6.45) is 5.00. The number of amides is 1. The van der Waals surface area contributed by atoms with Gasteiger partial charge in [0.05, 0.1) is 11.7 Å². The van der Waals surface area contributed by atoms with E-state index in [9.17, 15) is 9.59 Å².